The zero-order valence-electron chi connectivity index (χ0n) is 21.6. The second-order valence-corrected chi connectivity index (χ2v) is 11.3. The Kier molecular flexibility index (Phi) is 8.74. The van der Waals surface area contributed by atoms with Gasteiger partial charge < -0.3 is 10.2 Å². The zero-order valence-corrected chi connectivity index (χ0v) is 22.4. The highest BCUT2D eigenvalue weighted by Crippen LogP contribution is 2.29. The summed E-state index contributed by atoms with van der Waals surface area (Å²) in [7, 11) is -3.80. The number of aryl methyl sites for hydroxylation is 1. The van der Waals surface area contributed by atoms with E-state index in [0.29, 0.717) is 12.1 Å². The Morgan fingerprint density at radius 2 is 1.64 bits per heavy atom. The second-order valence-electron chi connectivity index (χ2n) is 9.37. The molecule has 0 radical (unpaired) electrons. The molecule has 1 atom stereocenters. The molecule has 36 heavy (non-hydrogen) atoms. The lowest BCUT2D eigenvalue weighted by atomic mass is 10.1. The topological polar surface area (TPSA) is 86.8 Å². The molecule has 0 aliphatic rings. The highest BCUT2D eigenvalue weighted by molar-refractivity contribution is 7.92. The normalized spacial score (nSPS) is 12.4. The molecule has 3 aromatic carbocycles. The van der Waals surface area contributed by atoms with E-state index in [4.69, 9.17) is 0 Å². The van der Waals surface area contributed by atoms with E-state index in [2.05, 4.69) is 5.32 Å². The number of rotatable bonds is 10. The summed E-state index contributed by atoms with van der Waals surface area (Å²) in [5, 5.41) is 4.50. The van der Waals surface area contributed by atoms with Gasteiger partial charge >= 0.3 is 0 Å². The Labute approximate surface area is 214 Å². The van der Waals surface area contributed by atoms with Crippen molar-refractivity contribution in [3.8, 4) is 0 Å². The number of hydrogen-bond donors (Lipinski definition) is 1. The Morgan fingerprint density at radius 1 is 0.972 bits per heavy atom. The van der Waals surface area contributed by atoms with Crippen molar-refractivity contribution in [2.45, 2.75) is 52.7 Å². The maximum absolute atomic E-state index is 13.8. The maximum atomic E-state index is 13.8. The third-order valence-electron chi connectivity index (χ3n) is 5.97. The molecule has 0 aromatic heterocycles. The van der Waals surface area contributed by atoms with Gasteiger partial charge in [0.15, 0.2) is 0 Å². The lowest BCUT2D eigenvalue weighted by Gasteiger charge is -2.33. The van der Waals surface area contributed by atoms with Gasteiger partial charge in [0, 0.05) is 18.0 Å². The van der Waals surface area contributed by atoms with Gasteiger partial charge in [-0.25, -0.2) is 8.42 Å². The van der Waals surface area contributed by atoms with Gasteiger partial charge in [-0.3, -0.25) is 13.9 Å². The Bertz CT molecular complexity index is 1330. The number of anilines is 1. The number of nitrogens with zero attached hydrogens (tertiary/aromatic N) is 2. The number of nitrogens with one attached hydrogen (secondary N) is 1. The molecule has 192 valence electrons. The van der Waals surface area contributed by atoms with E-state index < -0.39 is 28.5 Å². The first-order valence-electron chi connectivity index (χ1n) is 12.1. The molecule has 0 fully saturated rings. The molecule has 7 nitrogen and oxygen atoms in total. The van der Waals surface area contributed by atoms with Crippen LogP contribution in [0.15, 0.2) is 66.7 Å². The first kappa shape index (κ1) is 27.2. The molecule has 0 bridgehead atoms. The van der Waals surface area contributed by atoms with Crippen LogP contribution in [0.4, 0.5) is 5.69 Å². The largest absolute Gasteiger partial charge is 0.352 e. The number of benzene rings is 3. The van der Waals surface area contributed by atoms with Crippen molar-refractivity contribution in [2.75, 3.05) is 17.1 Å². The van der Waals surface area contributed by atoms with Crippen LogP contribution in [-0.4, -0.2) is 50.0 Å². The molecule has 1 N–H and O–H groups in total. The van der Waals surface area contributed by atoms with Crippen LogP contribution in [0.2, 0.25) is 0 Å². The quantitative estimate of drug-likeness (QED) is 0.443. The van der Waals surface area contributed by atoms with E-state index in [1.807, 2.05) is 82.3 Å². The summed E-state index contributed by atoms with van der Waals surface area (Å²) < 4.78 is 27.0. The molecular weight excluding hydrogens is 474 g/mol. The van der Waals surface area contributed by atoms with Gasteiger partial charge in [0.1, 0.15) is 12.6 Å². The lowest BCUT2D eigenvalue weighted by molar-refractivity contribution is -0.140. The molecule has 0 heterocycles. The average Bonchev–Trinajstić information content (AvgIpc) is 2.81. The van der Waals surface area contributed by atoms with Crippen molar-refractivity contribution in [1.82, 2.24) is 10.2 Å². The molecule has 2 amide bonds. The van der Waals surface area contributed by atoms with Crippen LogP contribution in [0.5, 0.6) is 0 Å². The Balaban J connectivity index is 2.03. The van der Waals surface area contributed by atoms with Crippen LogP contribution < -0.4 is 9.62 Å². The van der Waals surface area contributed by atoms with Gasteiger partial charge in [-0.2, -0.15) is 0 Å². The van der Waals surface area contributed by atoms with Crippen LogP contribution in [0.1, 0.15) is 38.3 Å². The molecule has 0 saturated carbocycles. The fourth-order valence-corrected chi connectivity index (χ4v) is 5.19. The third kappa shape index (κ3) is 6.63. The van der Waals surface area contributed by atoms with Crippen molar-refractivity contribution in [1.29, 1.82) is 0 Å². The first-order chi connectivity index (χ1) is 17.0. The van der Waals surface area contributed by atoms with E-state index in [1.165, 1.54) is 4.90 Å². The predicted octanol–water partition coefficient (Wildman–Crippen LogP) is 4.25. The van der Waals surface area contributed by atoms with Gasteiger partial charge in [0.2, 0.25) is 21.8 Å². The number of fused-ring (bicyclic) bond motifs is 1. The maximum Gasteiger partial charge on any atom is 0.244 e. The number of carbonyl (C=O) groups is 2. The van der Waals surface area contributed by atoms with Crippen molar-refractivity contribution in [2.24, 2.45) is 0 Å². The molecule has 3 rings (SSSR count). The minimum absolute atomic E-state index is 0.0920. The molecule has 0 spiro atoms. The van der Waals surface area contributed by atoms with Crippen LogP contribution in [0.3, 0.4) is 0 Å². The smallest absolute Gasteiger partial charge is 0.244 e. The van der Waals surface area contributed by atoms with Gasteiger partial charge in [-0.05, 0) is 44.2 Å². The van der Waals surface area contributed by atoms with Crippen molar-refractivity contribution < 1.29 is 18.0 Å². The summed E-state index contributed by atoms with van der Waals surface area (Å²) in [6.45, 7) is 7.32. The summed E-state index contributed by atoms with van der Waals surface area (Å²) >= 11 is 0. The molecule has 3 aromatic rings. The van der Waals surface area contributed by atoms with Crippen LogP contribution in [-0.2, 0) is 26.2 Å². The van der Waals surface area contributed by atoms with Crippen molar-refractivity contribution in [3.05, 3.63) is 77.9 Å². The molecule has 0 aliphatic carbocycles. The fourth-order valence-electron chi connectivity index (χ4n) is 4.33. The number of hydrogen-bond acceptors (Lipinski definition) is 4. The highest BCUT2D eigenvalue weighted by atomic mass is 32.2. The minimum Gasteiger partial charge on any atom is -0.352 e. The van der Waals surface area contributed by atoms with Crippen LogP contribution in [0, 0.1) is 6.92 Å². The monoisotopic (exact) mass is 509 g/mol. The number of amides is 2. The summed E-state index contributed by atoms with van der Waals surface area (Å²) in [5.41, 5.74) is 2.34. The SMILES string of the molecule is CCC(C(=O)NC(C)C)N(Cc1cccc(C)c1)C(=O)CN(c1cccc2ccccc12)S(C)(=O)=O. The summed E-state index contributed by atoms with van der Waals surface area (Å²) in [6, 6.07) is 19.7. The fraction of sp³-hybridized carbons (Fsp3) is 0.357. The van der Waals surface area contributed by atoms with E-state index in [9.17, 15) is 18.0 Å². The molecular formula is C28H35N3O4S. The predicted molar refractivity (Wildman–Crippen MR) is 145 cm³/mol. The van der Waals surface area contributed by atoms with E-state index >= 15 is 0 Å². The first-order valence-corrected chi connectivity index (χ1v) is 14.0. The van der Waals surface area contributed by atoms with Crippen molar-refractivity contribution >= 4 is 38.3 Å². The van der Waals surface area contributed by atoms with E-state index in [-0.39, 0.29) is 18.5 Å². The Hall–Kier alpha value is -3.39. The van der Waals surface area contributed by atoms with E-state index in [1.54, 1.807) is 12.1 Å². The van der Waals surface area contributed by atoms with Gasteiger partial charge in [0.25, 0.3) is 0 Å². The molecule has 0 aliphatic heterocycles. The third-order valence-corrected chi connectivity index (χ3v) is 7.09. The lowest BCUT2D eigenvalue weighted by Crippen LogP contribution is -2.53. The average molecular weight is 510 g/mol. The van der Waals surface area contributed by atoms with Crippen molar-refractivity contribution in [3.63, 3.8) is 0 Å². The standard InChI is InChI=1S/C28H35N3O4S/c1-6-25(28(33)29-20(2)3)30(18-22-12-9-11-21(4)17-22)27(32)19-31(36(5,34)35)26-16-10-14-23-13-7-8-15-24(23)26/h7-17,20,25H,6,18-19H2,1-5H3,(H,29,33). The van der Waals surface area contributed by atoms with E-state index in [0.717, 1.165) is 32.5 Å². The summed E-state index contributed by atoms with van der Waals surface area (Å²) in [4.78, 5) is 28.4. The van der Waals surface area contributed by atoms with Gasteiger partial charge in [-0.15, -0.1) is 0 Å². The number of carbonyl (C=O) groups excluding carboxylic acids is 2. The Morgan fingerprint density at radius 3 is 2.28 bits per heavy atom. The number of sulfonamides is 1. The van der Waals surface area contributed by atoms with Crippen LogP contribution >= 0.6 is 0 Å². The summed E-state index contributed by atoms with van der Waals surface area (Å²) in [5.74, 6) is -0.704. The minimum atomic E-state index is -3.80. The second kappa shape index (κ2) is 11.6. The molecule has 8 heteroatoms. The van der Waals surface area contributed by atoms with Gasteiger partial charge in [0.05, 0.1) is 11.9 Å². The van der Waals surface area contributed by atoms with Crippen LogP contribution in [0.25, 0.3) is 10.8 Å². The zero-order chi connectivity index (χ0) is 26.5. The molecule has 1 unspecified atom stereocenters. The molecule has 0 saturated heterocycles. The highest BCUT2D eigenvalue weighted by Gasteiger charge is 2.32. The van der Waals surface area contributed by atoms with Gasteiger partial charge in [-0.1, -0.05) is 73.2 Å². The summed E-state index contributed by atoms with van der Waals surface area (Å²) in [6.07, 6.45) is 1.49.